The van der Waals surface area contributed by atoms with E-state index in [0.29, 0.717) is 23.7 Å². The molecule has 4 heteroatoms. The quantitative estimate of drug-likeness (QED) is 0.620. The number of anilines is 1. The normalized spacial score (nSPS) is 36.0. The topological polar surface area (TPSA) is 38.8 Å². The van der Waals surface area contributed by atoms with E-state index in [1.807, 2.05) is 35.2 Å². The lowest BCUT2D eigenvalue weighted by Gasteiger charge is -2.51. The van der Waals surface area contributed by atoms with Crippen molar-refractivity contribution >= 4 is 11.8 Å². The maximum atomic E-state index is 13.0. The first-order chi connectivity index (χ1) is 15.1. The van der Waals surface area contributed by atoms with Crippen molar-refractivity contribution in [1.29, 1.82) is 0 Å². The summed E-state index contributed by atoms with van der Waals surface area (Å²) in [6.07, 6.45) is 5.77. The fourth-order valence-electron chi connectivity index (χ4n) is 7.52. The molecule has 0 aromatic heterocycles. The minimum Gasteiger partial charge on any atom is -0.497 e. The molecule has 1 amide bonds. The van der Waals surface area contributed by atoms with Crippen molar-refractivity contribution in [2.45, 2.75) is 51.0 Å². The number of fused-ring (bicyclic) bond motifs is 7. The summed E-state index contributed by atoms with van der Waals surface area (Å²) >= 11 is 0. The third kappa shape index (κ3) is 2.83. The minimum atomic E-state index is -0.169. The third-order valence-corrected chi connectivity index (χ3v) is 8.94. The van der Waals surface area contributed by atoms with Gasteiger partial charge < -0.3 is 9.47 Å². The Hall–Kier alpha value is -2.49. The number of hydrogen-bond donors (Lipinski definition) is 0. The van der Waals surface area contributed by atoms with Gasteiger partial charge in [-0.1, -0.05) is 31.2 Å². The monoisotopic (exact) mass is 417 g/mol. The Kier molecular flexibility index (Phi) is 4.35. The van der Waals surface area contributed by atoms with Crippen molar-refractivity contribution in [3.05, 3.63) is 59.7 Å². The lowest BCUT2D eigenvalue weighted by Crippen LogP contribution is -2.52. The van der Waals surface area contributed by atoms with Gasteiger partial charge in [0.2, 0.25) is 0 Å². The van der Waals surface area contributed by atoms with E-state index in [4.69, 9.17) is 9.47 Å². The predicted octanol–water partition coefficient (Wildman–Crippen LogP) is 5.80. The van der Waals surface area contributed by atoms with Crippen LogP contribution in [0.1, 0.15) is 49.7 Å². The molecule has 0 unspecified atom stereocenters. The van der Waals surface area contributed by atoms with E-state index < -0.39 is 0 Å². The highest BCUT2D eigenvalue weighted by Crippen LogP contribution is 2.63. The first-order valence-corrected chi connectivity index (χ1v) is 11.8. The summed E-state index contributed by atoms with van der Waals surface area (Å²) in [7, 11) is 1.75. The Morgan fingerprint density at radius 1 is 1.13 bits per heavy atom. The molecule has 6 atom stereocenters. The van der Waals surface area contributed by atoms with Crippen LogP contribution in [-0.4, -0.2) is 25.9 Å². The molecule has 2 saturated carbocycles. The molecule has 31 heavy (non-hydrogen) atoms. The number of aryl methyl sites for hydroxylation is 1. The van der Waals surface area contributed by atoms with Gasteiger partial charge in [-0.05, 0) is 85.3 Å². The summed E-state index contributed by atoms with van der Waals surface area (Å²) in [5, 5.41) is 0. The van der Waals surface area contributed by atoms with E-state index in [2.05, 4.69) is 25.1 Å². The van der Waals surface area contributed by atoms with Crippen LogP contribution in [0, 0.1) is 23.2 Å². The van der Waals surface area contributed by atoms with Crippen LogP contribution >= 0.6 is 0 Å². The third-order valence-electron chi connectivity index (χ3n) is 8.94. The summed E-state index contributed by atoms with van der Waals surface area (Å²) in [5.74, 6) is 3.34. The van der Waals surface area contributed by atoms with Crippen molar-refractivity contribution < 1.29 is 14.3 Å². The predicted molar refractivity (Wildman–Crippen MR) is 121 cm³/mol. The van der Waals surface area contributed by atoms with E-state index in [0.717, 1.165) is 30.8 Å². The van der Waals surface area contributed by atoms with Crippen LogP contribution in [0.25, 0.3) is 0 Å². The van der Waals surface area contributed by atoms with Crippen LogP contribution < -0.4 is 9.64 Å². The number of para-hydroxylation sites is 1. The highest BCUT2D eigenvalue weighted by molar-refractivity contribution is 5.88. The maximum absolute atomic E-state index is 13.0. The molecule has 162 valence electrons. The average molecular weight is 418 g/mol. The van der Waals surface area contributed by atoms with E-state index in [1.54, 1.807) is 7.11 Å². The maximum Gasteiger partial charge on any atom is 0.414 e. The Morgan fingerprint density at radius 3 is 2.77 bits per heavy atom. The van der Waals surface area contributed by atoms with Gasteiger partial charge in [0.25, 0.3) is 0 Å². The zero-order chi connectivity index (χ0) is 21.2. The standard InChI is InChI=1S/C27H31NO3/c1-27-13-12-22-21-11-9-20(30-2)14-17(21)8-10-23(22)24(27)15-18-16-28(26(29)31-25(18)27)19-6-4-3-5-7-19/h3-7,9,11,14,18,22-25H,8,10,12-13,15-16H2,1-2H3/t18-,22-,23-,24+,25+,27+/m1/s1. The Labute approximate surface area is 184 Å². The number of carbonyl (C=O) groups excluding carboxylic acids is 1. The number of rotatable bonds is 2. The van der Waals surface area contributed by atoms with Gasteiger partial charge in [-0.15, -0.1) is 0 Å². The summed E-state index contributed by atoms with van der Waals surface area (Å²) in [5.41, 5.74) is 4.07. The summed E-state index contributed by atoms with van der Waals surface area (Å²) in [4.78, 5) is 14.8. The second-order valence-corrected chi connectivity index (χ2v) is 10.3. The SMILES string of the molecule is COc1ccc2c(c1)CC[C@@H]1[C@@H]2CC[C@@]2(C)[C@H]1C[C@@H]1CN(c3ccccc3)C(=O)O[C@@H]12. The van der Waals surface area contributed by atoms with Gasteiger partial charge in [0, 0.05) is 23.6 Å². The number of carbonyl (C=O) groups is 1. The Morgan fingerprint density at radius 2 is 1.97 bits per heavy atom. The smallest absolute Gasteiger partial charge is 0.414 e. The summed E-state index contributed by atoms with van der Waals surface area (Å²) in [6, 6.07) is 16.7. The number of hydrogen-bond acceptors (Lipinski definition) is 3. The van der Waals surface area contributed by atoms with E-state index in [9.17, 15) is 4.79 Å². The number of ether oxygens (including phenoxy) is 2. The van der Waals surface area contributed by atoms with Crippen LogP contribution in [0.15, 0.2) is 48.5 Å². The molecule has 2 aromatic rings. The largest absolute Gasteiger partial charge is 0.497 e. The number of benzene rings is 2. The summed E-state index contributed by atoms with van der Waals surface area (Å²) < 4.78 is 11.7. The van der Waals surface area contributed by atoms with Gasteiger partial charge in [-0.3, -0.25) is 4.90 Å². The van der Waals surface area contributed by atoms with Crippen molar-refractivity contribution in [3.8, 4) is 5.75 Å². The van der Waals surface area contributed by atoms with Crippen LogP contribution in [-0.2, 0) is 11.2 Å². The highest BCUT2D eigenvalue weighted by Gasteiger charge is 2.61. The molecule has 0 N–H and O–H groups in total. The molecule has 0 spiro atoms. The Balaban J connectivity index is 1.29. The molecular weight excluding hydrogens is 386 g/mol. The average Bonchev–Trinajstić information content (AvgIpc) is 3.10. The van der Waals surface area contributed by atoms with E-state index >= 15 is 0 Å². The second kappa shape index (κ2) is 7.01. The van der Waals surface area contributed by atoms with Gasteiger partial charge in [-0.25, -0.2) is 4.79 Å². The molecule has 1 saturated heterocycles. The minimum absolute atomic E-state index is 0.0585. The van der Waals surface area contributed by atoms with Gasteiger partial charge >= 0.3 is 6.09 Å². The van der Waals surface area contributed by atoms with Crippen LogP contribution in [0.4, 0.5) is 10.5 Å². The Bertz CT molecular complexity index is 1000. The zero-order valence-electron chi connectivity index (χ0n) is 18.4. The first-order valence-electron chi connectivity index (χ1n) is 11.8. The molecule has 6 rings (SSSR count). The summed E-state index contributed by atoms with van der Waals surface area (Å²) in [6.45, 7) is 3.19. The molecule has 2 aromatic carbocycles. The van der Waals surface area contributed by atoms with Gasteiger partial charge in [0.05, 0.1) is 7.11 Å². The fraction of sp³-hybridized carbons (Fsp3) is 0.519. The van der Waals surface area contributed by atoms with Crippen molar-refractivity contribution in [2.24, 2.45) is 23.2 Å². The highest BCUT2D eigenvalue weighted by atomic mass is 16.6. The molecule has 0 radical (unpaired) electrons. The molecule has 4 nitrogen and oxygen atoms in total. The van der Waals surface area contributed by atoms with Crippen molar-refractivity contribution in [3.63, 3.8) is 0 Å². The molecule has 1 aliphatic heterocycles. The molecule has 4 aliphatic rings. The van der Waals surface area contributed by atoms with Crippen LogP contribution in [0.5, 0.6) is 5.75 Å². The molecule has 1 heterocycles. The zero-order valence-corrected chi connectivity index (χ0v) is 18.4. The number of nitrogens with zero attached hydrogens (tertiary/aromatic N) is 1. The second-order valence-electron chi connectivity index (χ2n) is 10.3. The molecule has 3 aliphatic carbocycles. The molecule has 0 bridgehead atoms. The van der Waals surface area contributed by atoms with Gasteiger partial charge in [-0.2, -0.15) is 0 Å². The lowest BCUT2D eigenvalue weighted by molar-refractivity contribution is -0.0461. The van der Waals surface area contributed by atoms with Crippen molar-refractivity contribution in [1.82, 2.24) is 0 Å². The van der Waals surface area contributed by atoms with E-state index in [-0.39, 0.29) is 17.6 Å². The lowest BCUT2D eigenvalue weighted by atomic mass is 9.55. The van der Waals surface area contributed by atoms with Crippen LogP contribution in [0.2, 0.25) is 0 Å². The number of amides is 1. The van der Waals surface area contributed by atoms with Gasteiger partial charge in [0.1, 0.15) is 11.9 Å². The molecule has 3 fully saturated rings. The number of methoxy groups -OCH3 is 1. The van der Waals surface area contributed by atoms with Gasteiger partial charge in [0.15, 0.2) is 0 Å². The molecular formula is C27H31NO3. The van der Waals surface area contributed by atoms with E-state index in [1.165, 1.54) is 30.4 Å². The fourth-order valence-corrected chi connectivity index (χ4v) is 7.52. The van der Waals surface area contributed by atoms with Crippen LogP contribution in [0.3, 0.4) is 0 Å². The first kappa shape index (κ1) is 19.2. The van der Waals surface area contributed by atoms with Crippen molar-refractivity contribution in [2.75, 3.05) is 18.6 Å².